The molecule has 0 aliphatic rings. The van der Waals surface area contributed by atoms with E-state index in [4.69, 9.17) is 5.26 Å². The Kier molecular flexibility index (Phi) is 4.49. The van der Waals surface area contributed by atoms with Crippen molar-refractivity contribution < 1.29 is 4.79 Å². The summed E-state index contributed by atoms with van der Waals surface area (Å²) in [5, 5.41) is 14.5. The largest absolute Gasteiger partial charge is 0.347 e. The summed E-state index contributed by atoms with van der Waals surface area (Å²) in [7, 11) is 0. The minimum absolute atomic E-state index is 0.0462. The average molecular weight is 285 g/mol. The van der Waals surface area contributed by atoms with Crippen molar-refractivity contribution in [1.82, 2.24) is 10.3 Å². The molecule has 1 N–H and O–H groups in total. The zero-order valence-corrected chi connectivity index (χ0v) is 12.2. The molecule has 0 aliphatic carbocycles. The summed E-state index contributed by atoms with van der Waals surface area (Å²) in [4.78, 5) is 16.3. The van der Waals surface area contributed by atoms with Crippen molar-refractivity contribution in [2.24, 2.45) is 0 Å². The Morgan fingerprint density at radius 2 is 2.15 bits per heavy atom. The lowest BCUT2D eigenvalue weighted by Crippen LogP contribution is -2.28. The zero-order valence-electron chi connectivity index (χ0n) is 11.4. The molecule has 0 aliphatic heterocycles. The molecule has 0 bridgehead atoms. The van der Waals surface area contributed by atoms with Crippen LogP contribution >= 0.6 is 11.3 Å². The van der Waals surface area contributed by atoms with Gasteiger partial charge in [0, 0.05) is 11.1 Å². The van der Waals surface area contributed by atoms with Crippen molar-refractivity contribution in [2.75, 3.05) is 0 Å². The highest BCUT2D eigenvalue weighted by Crippen LogP contribution is 2.17. The highest BCUT2D eigenvalue weighted by molar-refractivity contribution is 7.09. The van der Waals surface area contributed by atoms with E-state index >= 15 is 0 Å². The van der Waals surface area contributed by atoms with Crippen LogP contribution in [0.1, 0.15) is 34.8 Å². The summed E-state index contributed by atoms with van der Waals surface area (Å²) in [6, 6.07) is 9.01. The maximum atomic E-state index is 12.0. The molecule has 1 atom stereocenters. The number of aromatic nitrogens is 1. The van der Waals surface area contributed by atoms with Gasteiger partial charge in [0.25, 0.3) is 0 Å². The van der Waals surface area contributed by atoms with Gasteiger partial charge in [-0.05, 0) is 31.5 Å². The van der Waals surface area contributed by atoms with Crippen LogP contribution in [-0.2, 0) is 11.2 Å². The second-order valence-corrected chi connectivity index (χ2v) is 5.49. The first-order valence-corrected chi connectivity index (χ1v) is 7.17. The number of nitrogens with zero attached hydrogens (tertiary/aromatic N) is 2. The number of benzene rings is 1. The molecular weight excluding hydrogens is 270 g/mol. The number of amides is 1. The predicted octanol–water partition coefficient (Wildman–Crippen LogP) is 2.74. The fourth-order valence-electron chi connectivity index (χ4n) is 1.81. The molecule has 4 nitrogen and oxygen atoms in total. The lowest BCUT2D eigenvalue weighted by molar-refractivity contribution is -0.121. The molecule has 2 rings (SSSR count). The Morgan fingerprint density at radius 1 is 1.45 bits per heavy atom. The van der Waals surface area contributed by atoms with Crippen LogP contribution in [0.2, 0.25) is 0 Å². The van der Waals surface area contributed by atoms with Crippen molar-refractivity contribution in [3.63, 3.8) is 0 Å². The topological polar surface area (TPSA) is 65.8 Å². The van der Waals surface area contributed by atoms with Crippen LogP contribution in [0.3, 0.4) is 0 Å². The fraction of sp³-hybridized carbons (Fsp3) is 0.267. The van der Waals surface area contributed by atoms with Gasteiger partial charge >= 0.3 is 0 Å². The monoisotopic (exact) mass is 285 g/mol. The van der Waals surface area contributed by atoms with E-state index in [-0.39, 0.29) is 11.9 Å². The van der Waals surface area contributed by atoms with E-state index in [9.17, 15) is 4.79 Å². The van der Waals surface area contributed by atoms with Crippen molar-refractivity contribution >= 4 is 17.2 Å². The maximum absolute atomic E-state index is 12.0. The highest BCUT2D eigenvalue weighted by Gasteiger charge is 2.12. The van der Waals surface area contributed by atoms with Crippen LogP contribution in [-0.4, -0.2) is 10.9 Å². The SMILES string of the molecule is Cc1csc(C(C)NC(=O)Cc2ccc(C#N)cc2)n1. The van der Waals surface area contributed by atoms with E-state index in [2.05, 4.69) is 16.4 Å². The quantitative estimate of drug-likeness (QED) is 0.939. The molecule has 0 saturated carbocycles. The first-order valence-electron chi connectivity index (χ1n) is 6.29. The highest BCUT2D eigenvalue weighted by atomic mass is 32.1. The number of hydrogen-bond donors (Lipinski definition) is 1. The van der Waals surface area contributed by atoms with E-state index < -0.39 is 0 Å². The minimum atomic E-state index is -0.0837. The van der Waals surface area contributed by atoms with Crippen molar-refractivity contribution in [3.05, 3.63) is 51.5 Å². The van der Waals surface area contributed by atoms with Crippen LogP contribution < -0.4 is 5.32 Å². The van der Waals surface area contributed by atoms with Crippen LogP contribution in [0, 0.1) is 18.3 Å². The number of rotatable bonds is 4. The van der Waals surface area contributed by atoms with Crippen LogP contribution in [0.15, 0.2) is 29.6 Å². The van der Waals surface area contributed by atoms with Gasteiger partial charge in [-0.2, -0.15) is 5.26 Å². The maximum Gasteiger partial charge on any atom is 0.224 e. The number of hydrogen-bond acceptors (Lipinski definition) is 4. The van der Waals surface area contributed by atoms with Crippen LogP contribution in [0.25, 0.3) is 0 Å². The third-order valence-electron chi connectivity index (χ3n) is 2.83. The van der Waals surface area contributed by atoms with Crippen molar-refractivity contribution in [2.45, 2.75) is 26.3 Å². The third-order valence-corrected chi connectivity index (χ3v) is 3.98. The smallest absolute Gasteiger partial charge is 0.224 e. The van der Waals surface area contributed by atoms with Gasteiger partial charge in [-0.1, -0.05) is 12.1 Å². The summed E-state index contributed by atoms with van der Waals surface area (Å²) >= 11 is 1.55. The van der Waals surface area contributed by atoms with Gasteiger partial charge in [0.05, 0.1) is 24.1 Å². The van der Waals surface area contributed by atoms with Crippen molar-refractivity contribution in [1.29, 1.82) is 5.26 Å². The summed E-state index contributed by atoms with van der Waals surface area (Å²) in [6.07, 6.45) is 0.306. The Hall–Kier alpha value is -2.19. The summed E-state index contributed by atoms with van der Waals surface area (Å²) < 4.78 is 0. The van der Waals surface area contributed by atoms with E-state index in [0.29, 0.717) is 12.0 Å². The summed E-state index contributed by atoms with van der Waals surface area (Å²) in [5.41, 5.74) is 2.46. The molecule has 2 aromatic rings. The molecule has 1 aromatic carbocycles. The fourth-order valence-corrected chi connectivity index (χ4v) is 2.61. The third kappa shape index (κ3) is 3.65. The second kappa shape index (κ2) is 6.31. The van der Waals surface area contributed by atoms with Crippen molar-refractivity contribution in [3.8, 4) is 6.07 Å². The molecule has 5 heteroatoms. The van der Waals surface area contributed by atoms with Crippen LogP contribution in [0.4, 0.5) is 0 Å². The molecule has 1 heterocycles. The summed E-state index contributed by atoms with van der Waals surface area (Å²) in [5.74, 6) is -0.0462. The Morgan fingerprint density at radius 3 is 2.70 bits per heavy atom. The lowest BCUT2D eigenvalue weighted by Gasteiger charge is -2.11. The number of nitrogens with one attached hydrogen (secondary N) is 1. The Labute approximate surface area is 122 Å². The molecule has 0 radical (unpaired) electrons. The van der Waals surface area contributed by atoms with Gasteiger partial charge in [0.1, 0.15) is 5.01 Å². The molecule has 0 spiro atoms. The number of thiazole rings is 1. The van der Waals surface area contributed by atoms with E-state index in [1.807, 2.05) is 19.2 Å². The molecule has 20 heavy (non-hydrogen) atoms. The first-order chi connectivity index (χ1) is 9.58. The second-order valence-electron chi connectivity index (χ2n) is 4.60. The molecule has 1 aromatic heterocycles. The predicted molar refractivity (Wildman–Crippen MR) is 78.3 cm³/mol. The van der Waals surface area contributed by atoms with Gasteiger partial charge in [0.2, 0.25) is 5.91 Å². The number of carbonyl (C=O) groups is 1. The van der Waals surface area contributed by atoms with Crippen LogP contribution in [0.5, 0.6) is 0 Å². The lowest BCUT2D eigenvalue weighted by atomic mass is 10.1. The average Bonchev–Trinajstić information content (AvgIpc) is 2.86. The van der Waals surface area contributed by atoms with E-state index in [1.165, 1.54) is 0 Å². The van der Waals surface area contributed by atoms with Gasteiger partial charge in [-0.3, -0.25) is 4.79 Å². The molecule has 0 fully saturated rings. The Balaban J connectivity index is 1.93. The standard InChI is InChI=1S/C15H15N3OS/c1-10-9-20-15(17-10)11(2)18-14(19)7-12-3-5-13(8-16)6-4-12/h3-6,9,11H,7H2,1-2H3,(H,18,19). The molecule has 1 amide bonds. The molecule has 0 saturated heterocycles. The number of nitriles is 1. The van der Waals surface area contributed by atoms with Gasteiger partial charge in [0.15, 0.2) is 0 Å². The Bertz CT molecular complexity index is 640. The van der Waals surface area contributed by atoms with E-state index in [0.717, 1.165) is 16.3 Å². The van der Waals surface area contributed by atoms with E-state index in [1.54, 1.807) is 35.6 Å². The minimum Gasteiger partial charge on any atom is -0.347 e. The molecule has 102 valence electrons. The summed E-state index contributed by atoms with van der Waals surface area (Å²) in [6.45, 7) is 3.86. The van der Waals surface area contributed by atoms with Gasteiger partial charge in [-0.25, -0.2) is 4.98 Å². The van der Waals surface area contributed by atoms with Gasteiger partial charge in [-0.15, -0.1) is 11.3 Å². The molecule has 1 unspecified atom stereocenters. The normalized spacial score (nSPS) is 11.7. The number of carbonyl (C=O) groups excluding carboxylic acids is 1. The van der Waals surface area contributed by atoms with Gasteiger partial charge < -0.3 is 5.32 Å². The number of aryl methyl sites for hydroxylation is 1. The zero-order chi connectivity index (χ0) is 14.5. The first kappa shape index (κ1) is 14.2. The molecular formula is C15H15N3OS.